The Balaban J connectivity index is 1.92. The van der Waals surface area contributed by atoms with Gasteiger partial charge in [-0.2, -0.15) is 0 Å². The molecule has 2 aromatic carbocycles. The summed E-state index contributed by atoms with van der Waals surface area (Å²) in [6.07, 6.45) is 0. The second kappa shape index (κ2) is 8.81. The summed E-state index contributed by atoms with van der Waals surface area (Å²) in [5, 5.41) is 0.247. The molecule has 0 spiro atoms. The van der Waals surface area contributed by atoms with E-state index in [2.05, 4.69) is 0 Å². The molecule has 0 aromatic heterocycles. The fourth-order valence-corrected chi connectivity index (χ4v) is 4.53. The topological polar surface area (TPSA) is 46.6 Å². The van der Waals surface area contributed by atoms with E-state index in [-0.39, 0.29) is 23.2 Å². The molecule has 0 saturated carbocycles. The molecule has 1 fully saturated rings. The zero-order chi connectivity index (χ0) is 19.4. The van der Waals surface area contributed by atoms with Crippen molar-refractivity contribution < 1.29 is 14.3 Å². The zero-order valence-corrected chi connectivity index (χ0v) is 16.9. The monoisotopic (exact) mass is 403 g/mol. The Morgan fingerprint density at radius 2 is 1.93 bits per heavy atom. The van der Waals surface area contributed by atoms with Gasteiger partial charge in [0.1, 0.15) is 11.4 Å². The first-order chi connectivity index (χ1) is 13.0. The Labute approximate surface area is 168 Å². The molecule has 1 heterocycles. The highest BCUT2D eigenvalue weighted by molar-refractivity contribution is 7.99. The maximum Gasteiger partial charge on any atom is 0.329 e. The SMILES string of the molecule is CC(C)COC(=O)[C@@H]1CS[C@@H](c2ccccc2)N1C(=O)c1cccc(Cl)c1. The molecule has 0 bridgehead atoms. The number of carbonyl (C=O) groups is 2. The summed E-state index contributed by atoms with van der Waals surface area (Å²) >= 11 is 7.64. The first-order valence-electron chi connectivity index (χ1n) is 8.89. The Morgan fingerprint density at radius 1 is 1.19 bits per heavy atom. The summed E-state index contributed by atoms with van der Waals surface area (Å²) in [5.74, 6) is 0.167. The summed E-state index contributed by atoms with van der Waals surface area (Å²) < 4.78 is 5.44. The Morgan fingerprint density at radius 3 is 2.59 bits per heavy atom. The average molecular weight is 404 g/mol. The fraction of sp³-hybridized carbons (Fsp3) is 0.333. The number of hydrogen-bond donors (Lipinski definition) is 0. The van der Waals surface area contributed by atoms with Crippen LogP contribution >= 0.6 is 23.4 Å². The summed E-state index contributed by atoms with van der Waals surface area (Å²) in [7, 11) is 0. The minimum atomic E-state index is -0.620. The molecule has 2 atom stereocenters. The van der Waals surface area contributed by atoms with E-state index in [0.29, 0.717) is 22.9 Å². The van der Waals surface area contributed by atoms with Gasteiger partial charge in [0.15, 0.2) is 0 Å². The molecule has 6 heteroatoms. The number of hydrogen-bond acceptors (Lipinski definition) is 4. The third-order valence-corrected chi connectivity index (χ3v) is 5.78. The standard InChI is InChI=1S/C21H22ClNO3S/c1-14(2)12-26-21(25)18-13-27-20(15-7-4-3-5-8-15)23(18)19(24)16-9-6-10-17(22)11-16/h3-11,14,18,20H,12-13H2,1-2H3/t18-,20-/m0/s1. The van der Waals surface area contributed by atoms with Crippen molar-refractivity contribution in [2.75, 3.05) is 12.4 Å². The van der Waals surface area contributed by atoms with Crippen LogP contribution in [0.3, 0.4) is 0 Å². The molecule has 142 valence electrons. The highest BCUT2D eigenvalue weighted by Gasteiger charge is 2.43. The molecule has 2 aromatic rings. The van der Waals surface area contributed by atoms with E-state index in [9.17, 15) is 9.59 Å². The maximum atomic E-state index is 13.3. The van der Waals surface area contributed by atoms with E-state index >= 15 is 0 Å². The lowest BCUT2D eigenvalue weighted by atomic mass is 10.1. The molecule has 0 unspecified atom stereocenters. The van der Waals surface area contributed by atoms with Crippen LogP contribution in [-0.4, -0.2) is 35.2 Å². The van der Waals surface area contributed by atoms with Crippen LogP contribution in [0.2, 0.25) is 5.02 Å². The molecule has 1 aliphatic heterocycles. The number of esters is 1. The number of carbonyl (C=O) groups excluding carboxylic acids is 2. The molecule has 1 amide bonds. The number of thioether (sulfide) groups is 1. The van der Waals surface area contributed by atoms with E-state index in [1.54, 1.807) is 40.9 Å². The van der Waals surface area contributed by atoms with E-state index < -0.39 is 6.04 Å². The van der Waals surface area contributed by atoms with Gasteiger partial charge in [-0.25, -0.2) is 4.79 Å². The smallest absolute Gasteiger partial charge is 0.329 e. The van der Waals surface area contributed by atoms with Gasteiger partial charge in [-0.15, -0.1) is 11.8 Å². The number of benzene rings is 2. The third-order valence-electron chi connectivity index (χ3n) is 4.22. The van der Waals surface area contributed by atoms with Crippen LogP contribution in [0.5, 0.6) is 0 Å². The van der Waals surface area contributed by atoms with Gasteiger partial charge in [0, 0.05) is 16.3 Å². The molecule has 4 nitrogen and oxygen atoms in total. The summed E-state index contributed by atoms with van der Waals surface area (Å²) in [4.78, 5) is 27.6. The van der Waals surface area contributed by atoms with Gasteiger partial charge >= 0.3 is 5.97 Å². The van der Waals surface area contributed by atoms with Gasteiger partial charge in [-0.05, 0) is 29.7 Å². The summed E-state index contributed by atoms with van der Waals surface area (Å²) in [6.45, 7) is 4.31. The highest BCUT2D eigenvalue weighted by Crippen LogP contribution is 2.42. The number of halogens is 1. The first-order valence-corrected chi connectivity index (χ1v) is 10.3. The second-order valence-electron chi connectivity index (χ2n) is 6.86. The van der Waals surface area contributed by atoms with Crippen molar-refractivity contribution in [2.24, 2.45) is 5.92 Å². The predicted octanol–water partition coefficient (Wildman–Crippen LogP) is 4.80. The van der Waals surface area contributed by atoms with Crippen LogP contribution in [0, 0.1) is 5.92 Å². The van der Waals surface area contributed by atoms with Crippen LogP contribution in [-0.2, 0) is 9.53 Å². The molecule has 3 rings (SSSR count). The Bertz CT molecular complexity index is 812. The van der Waals surface area contributed by atoms with Gasteiger partial charge < -0.3 is 9.64 Å². The van der Waals surface area contributed by atoms with Crippen LogP contribution < -0.4 is 0 Å². The normalized spacial score (nSPS) is 19.3. The minimum Gasteiger partial charge on any atom is -0.464 e. The molecule has 0 aliphatic carbocycles. The third kappa shape index (κ3) is 4.66. The van der Waals surface area contributed by atoms with Crippen molar-refractivity contribution in [2.45, 2.75) is 25.3 Å². The molecule has 1 aliphatic rings. The lowest BCUT2D eigenvalue weighted by Gasteiger charge is -2.29. The van der Waals surface area contributed by atoms with E-state index in [1.165, 1.54) is 0 Å². The quantitative estimate of drug-likeness (QED) is 0.673. The van der Waals surface area contributed by atoms with Crippen molar-refractivity contribution >= 4 is 35.2 Å². The van der Waals surface area contributed by atoms with Gasteiger partial charge in [0.2, 0.25) is 0 Å². The number of nitrogens with zero attached hydrogens (tertiary/aromatic N) is 1. The van der Waals surface area contributed by atoms with Crippen LogP contribution in [0.1, 0.15) is 35.1 Å². The molecular weight excluding hydrogens is 382 g/mol. The highest BCUT2D eigenvalue weighted by atomic mass is 35.5. The Kier molecular flexibility index (Phi) is 6.45. The van der Waals surface area contributed by atoms with Gasteiger partial charge in [0.05, 0.1) is 6.61 Å². The number of amides is 1. The van der Waals surface area contributed by atoms with Gasteiger partial charge in [-0.3, -0.25) is 4.79 Å². The lowest BCUT2D eigenvalue weighted by molar-refractivity contribution is -0.149. The molecule has 27 heavy (non-hydrogen) atoms. The maximum absolute atomic E-state index is 13.3. The van der Waals surface area contributed by atoms with E-state index in [4.69, 9.17) is 16.3 Å². The first kappa shape index (κ1) is 19.8. The van der Waals surface area contributed by atoms with Crippen molar-refractivity contribution in [3.8, 4) is 0 Å². The average Bonchev–Trinajstić information content (AvgIpc) is 3.11. The number of rotatable bonds is 5. The largest absolute Gasteiger partial charge is 0.464 e. The van der Waals surface area contributed by atoms with Crippen molar-refractivity contribution in [3.05, 3.63) is 70.7 Å². The van der Waals surface area contributed by atoms with Gasteiger partial charge in [0.25, 0.3) is 5.91 Å². The molecule has 0 N–H and O–H groups in total. The molecule has 0 radical (unpaired) electrons. The predicted molar refractivity (Wildman–Crippen MR) is 109 cm³/mol. The Hall–Kier alpha value is -1.98. The number of ether oxygens (including phenoxy) is 1. The molecular formula is C21H22ClNO3S. The summed E-state index contributed by atoms with van der Waals surface area (Å²) in [5.41, 5.74) is 1.45. The van der Waals surface area contributed by atoms with Crippen LogP contribution in [0.25, 0.3) is 0 Å². The lowest BCUT2D eigenvalue weighted by Crippen LogP contribution is -2.44. The van der Waals surface area contributed by atoms with E-state index in [0.717, 1.165) is 5.56 Å². The van der Waals surface area contributed by atoms with Crippen LogP contribution in [0.15, 0.2) is 54.6 Å². The fourth-order valence-electron chi connectivity index (χ4n) is 2.93. The van der Waals surface area contributed by atoms with E-state index in [1.807, 2.05) is 44.2 Å². The van der Waals surface area contributed by atoms with Crippen LogP contribution in [0.4, 0.5) is 0 Å². The zero-order valence-electron chi connectivity index (χ0n) is 15.3. The van der Waals surface area contributed by atoms with Crippen molar-refractivity contribution in [1.82, 2.24) is 4.90 Å². The minimum absolute atomic E-state index is 0.220. The van der Waals surface area contributed by atoms with Crippen molar-refractivity contribution in [1.29, 1.82) is 0 Å². The summed E-state index contributed by atoms with van der Waals surface area (Å²) in [6, 6.07) is 15.9. The molecule has 1 saturated heterocycles. The van der Waals surface area contributed by atoms with Crippen molar-refractivity contribution in [3.63, 3.8) is 0 Å². The van der Waals surface area contributed by atoms with Gasteiger partial charge in [-0.1, -0.05) is 61.8 Å². The second-order valence-corrected chi connectivity index (χ2v) is 8.41.